The average molecular weight is 360 g/mol. The van der Waals surface area contributed by atoms with E-state index in [1.54, 1.807) is 0 Å². The van der Waals surface area contributed by atoms with Crippen LogP contribution in [0.25, 0.3) is 0 Å². The quantitative estimate of drug-likeness (QED) is 0.769. The van der Waals surface area contributed by atoms with Gasteiger partial charge in [0, 0.05) is 24.3 Å². The van der Waals surface area contributed by atoms with E-state index < -0.39 is 19.1 Å². The van der Waals surface area contributed by atoms with Crippen LogP contribution in [-0.2, 0) is 25.6 Å². The van der Waals surface area contributed by atoms with E-state index in [4.69, 9.17) is 10.7 Å². The summed E-state index contributed by atoms with van der Waals surface area (Å²) in [7, 11) is -0.900. The smallest absolute Gasteiger partial charge is 0.207 e. The van der Waals surface area contributed by atoms with Crippen LogP contribution in [0, 0.1) is 0 Å². The fraction of sp³-hybridized carbons (Fsp3) is 0.143. The zero-order valence-electron chi connectivity index (χ0n) is 11.7. The minimum Gasteiger partial charge on any atom is -0.207 e. The van der Waals surface area contributed by atoms with Crippen LogP contribution in [-0.4, -0.2) is 28.2 Å². The molecule has 0 aromatic heterocycles. The molecule has 0 N–H and O–H groups in total. The lowest BCUT2D eigenvalue weighted by atomic mass is 10.2. The van der Waals surface area contributed by atoms with Gasteiger partial charge in [0.1, 0.15) is 0 Å². The lowest BCUT2D eigenvalue weighted by Crippen LogP contribution is -2.26. The predicted octanol–water partition coefficient (Wildman–Crippen LogP) is 2.43. The number of hydrogen-bond acceptors (Lipinski definition) is 4. The number of nitrogens with zero attached hydrogens (tertiary/aromatic N) is 1. The summed E-state index contributed by atoms with van der Waals surface area (Å²) < 4.78 is 48.4. The van der Waals surface area contributed by atoms with E-state index in [9.17, 15) is 16.8 Å². The third-order valence-electron chi connectivity index (χ3n) is 3.06. The largest absolute Gasteiger partial charge is 0.261 e. The molecule has 0 heterocycles. The topological polar surface area (TPSA) is 71.5 Å². The molecule has 0 bridgehead atoms. The Bertz CT molecular complexity index is 847. The first-order valence-corrected chi connectivity index (χ1v) is 10.0. The van der Waals surface area contributed by atoms with Crippen LogP contribution in [0.4, 0.5) is 0 Å². The van der Waals surface area contributed by atoms with Crippen molar-refractivity contribution in [3.05, 3.63) is 60.2 Å². The number of sulfonamides is 1. The summed E-state index contributed by atoms with van der Waals surface area (Å²) in [5.74, 6) is 0. The van der Waals surface area contributed by atoms with Gasteiger partial charge in [0.2, 0.25) is 10.0 Å². The van der Waals surface area contributed by atoms with Crippen LogP contribution >= 0.6 is 10.7 Å². The molecule has 0 spiro atoms. The molecule has 0 saturated heterocycles. The summed E-state index contributed by atoms with van der Waals surface area (Å²) in [5, 5.41) is 0. The van der Waals surface area contributed by atoms with Crippen molar-refractivity contribution in [2.75, 3.05) is 7.05 Å². The molecule has 2 rings (SSSR count). The molecule has 0 unspecified atom stereocenters. The third kappa shape index (κ3) is 3.86. The normalized spacial score (nSPS) is 12.5. The highest BCUT2D eigenvalue weighted by Gasteiger charge is 2.21. The fourth-order valence-corrected chi connectivity index (χ4v) is 3.81. The maximum atomic E-state index is 12.4. The number of halogens is 1. The van der Waals surface area contributed by atoms with Crippen LogP contribution in [0.15, 0.2) is 64.4 Å². The molecule has 0 amide bonds. The minimum absolute atomic E-state index is 0.00926. The Morgan fingerprint density at radius 1 is 0.864 bits per heavy atom. The Morgan fingerprint density at radius 2 is 1.36 bits per heavy atom. The van der Waals surface area contributed by atoms with Crippen molar-refractivity contribution in [2.24, 2.45) is 0 Å². The fourth-order valence-electron chi connectivity index (χ4n) is 1.88. The predicted molar refractivity (Wildman–Crippen MR) is 84.6 cm³/mol. The molecule has 0 radical (unpaired) electrons. The number of hydrogen-bond donors (Lipinski definition) is 0. The Labute approximate surface area is 134 Å². The second kappa shape index (κ2) is 6.37. The van der Waals surface area contributed by atoms with Crippen molar-refractivity contribution in [1.82, 2.24) is 4.31 Å². The number of benzene rings is 2. The monoisotopic (exact) mass is 359 g/mol. The van der Waals surface area contributed by atoms with E-state index in [1.807, 2.05) is 30.3 Å². The van der Waals surface area contributed by atoms with Gasteiger partial charge in [-0.25, -0.2) is 16.8 Å². The van der Waals surface area contributed by atoms with Crippen LogP contribution in [0.1, 0.15) is 5.56 Å². The summed E-state index contributed by atoms with van der Waals surface area (Å²) >= 11 is 0. The van der Waals surface area contributed by atoms with Crippen LogP contribution in [0.5, 0.6) is 0 Å². The number of rotatable bonds is 5. The molecule has 0 atom stereocenters. The zero-order valence-corrected chi connectivity index (χ0v) is 14.1. The maximum absolute atomic E-state index is 12.4. The van der Waals surface area contributed by atoms with Gasteiger partial charge < -0.3 is 0 Å². The molecule has 0 aliphatic rings. The van der Waals surface area contributed by atoms with E-state index in [0.717, 1.165) is 5.56 Å². The highest BCUT2D eigenvalue weighted by molar-refractivity contribution is 8.13. The highest BCUT2D eigenvalue weighted by atomic mass is 35.7. The van der Waals surface area contributed by atoms with Crippen molar-refractivity contribution >= 4 is 29.8 Å². The molecule has 0 saturated carbocycles. The molecular weight excluding hydrogens is 346 g/mol. The van der Waals surface area contributed by atoms with E-state index >= 15 is 0 Å². The van der Waals surface area contributed by atoms with Gasteiger partial charge in [-0.2, -0.15) is 4.31 Å². The molecule has 0 fully saturated rings. The van der Waals surface area contributed by atoms with E-state index in [2.05, 4.69) is 0 Å². The second-order valence-corrected chi connectivity index (χ2v) is 9.27. The lowest BCUT2D eigenvalue weighted by molar-refractivity contribution is 0.466. The van der Waals surface area contributed by atoms with Crippen molar-refractivity contribution in [3.8, 4) is 0 Å². The molecule has 8 heteroatoms. The van der Waals surface area contributed by atoms with Gasteiger partial charge in [0.15, 0.2) is 0 Å². The van der Waals surface area contributed by atoms with Gasteiger partial charge in [0.25, 0.3) is 9.05 Å². The summed E-state index contributed by atoms with van der Waals surface area (Å²) in [6.45, 7) is 0.221. The zero-order chi connectivity index (χ0) is 16.4. The second-order valence-electron chi connectivity index (χ2n) is 4.66. The summed E-state index contributed by atoms with van der Waals surface area (Å²) in [6.07, 6.45) is 0. The van der Waals surface area contributed by atoms with Gasteiger partial charge in [-0.1, -0.05) is 30.3 Å². The summed E-state index contributed by atoms with van der Waals surface area (Å²) in [6, 6.07) is 14.0. The van der Waals surface area contributed by atoms with Gasteiger partial charge >= 0.3 is 0 Å². The van der Waals surface area contributed by atoms with Gasteiger partial charge in [0.05, 0.1) is 9.79 Å². The molecule has 0 aliphatic heterocycles. The molecule has 5 nitrogen and oxygen atoms in total. The summed E-state index contributed by atoms with van der Waals surface area (Å²) in [5.41, 5.74) is 0.855. The van der Waals surface area contributed by atoms with Crippen molar-refractivity contribution in [1.29, 1.82) is 0 Å². The molecule has 22 heavy (non-hydrogen) atoms. The Kier molecular flexibility index (Phi) is 4.91. The Morgan fingerprint density at radius 3 is 1.86 bits per heavy atom. The Hall–Kier alpha value is -1.41. The van der Waals surface area contributed by atoms with E-state index in [-0.39, 0.29) is 16.3 Å². The van der Waals surface area contributed by atoms with Gasteiger partial charge in [-0.3, -0.25) is 0 Å². The van der Waals surface area contributed by atoms with Gasteiger partial charge in [-0.15, -0.1) is 0 Å². The maximum Gasteiger partial charge on any atom is 0.261 e. The van der Waals surface area contributed by atoms with Crippen molar-refractivity contribution < 1.29 is 16.8 Å². The highest BCUT2D eigenvalue weighted by Crippen LogP contribution is 2.20. The van der Waals surface area contributed by atoms with Crippen molar-refractivity contribution in [3.63, 3.8) is 0 Å². The van der Waals surface area contributed by atoms with Crippen molar-refractivity contribution in [2.45, 2.75) is 16.3 Å². The lowest BCUT2D eigenvalue weighted by Gasteiger charge is -2.17. The molecule has 2 aromatic rings. The van der Waals surface area contributed by atoms with Gasteiger partial charge in [-0.05, 0) is 29.8 Å². The van der Waals surface area contributed by atoms with Crippen LogP contribution in [0.2, 0.25) is 0 Å². The van der Waals surface area contributed by atoms with Crippen LogP contribution in [0.3, 0.4) is 0 Å². The third-order valence-corrected chi connectivity index (χ3v) is 6.25. The molecule has 2 aromatic carbocycles. The minimum atomic E-state index is -3.87. The Balaban J connectivity index is 2.26. The molecule has 118 valence electrons. The average Bonchev–Trinajstić information content (AvgIpc) is 2.47. The summed E-state index contributed by atoms with van der Waals surface area (Å²) in [4.78, 5) is -0.131. The first-order valence-electron chi connectivity index (χ1n) is 6.26. The SMILES string of the molecule is CN(Cc1ccccc1)S(=O)(=O)c1ccc(S(=O)(=O)Cl)cc1. The van der Waals surface area contributed by atoms with Crippen LogP contribution < -0.4 is 0 Å². The van der Waals surface area contributed by atoms with E-state index in [0.29, 0.717) is 0 Å². The first kappa shape index (κ1) is 17.0. The molecular formula is C14H14ClNO4S2. The standard InChI is InChI=1S/C14H14ClNO4S2/c1-16(11-12-5-3-2-4-6-12)22(19,20)14-9-7-13(8-10-14)21(15,17)18/h2-10H,11H2,1H3. The van der Waals surface area contributed by atoms with E-state index in [1.165, 1.54) is 35.6 Å². The molecule has 0 aliphatic carbocycles. The first-order chi connectivity index (χ1) is 10.2.